The van der Waals surface area contributed by atoms with Crippen LogP contribution >= 0.6 is 30.1 Å². The van der Waals surface area contributed by atoms with Crippen LogP contribution < -0.4 is 49.5 Å². The van der Waals surface area contributed by atoms with E-state index in [1.807, 2.05) is 0 Å². The molecule has 0 aromatic rings. The van der Waals surface area contributed by atoms with Gasteiger partial charge >= 0.3 is 7.59 Å². The van der Waals surface area contributed by atoms with Crippen LogP contribution in [0.25, 0.3) is 0 Å². The molecule has 0 spiro atoms. The molecule has 0 unspecified atom stereocenters. The fraction of sp³-hybridized carbons (Fsp3) is 0. The van der Waals surface area contributed by atoms with E-state index in [9.17, 15) is 4.57 Å². The molecule has 0 saturated carbocycles. The molecule has 0 atom stereocenters. The Morgan fingerprint density at radius 2 is 0.706 bits per heavy atom. The standard InChI is InChI=1S/H18N12OP4/c1-14(2,3)10-17(13,11-15(4,5)6)12-16(7,8)9/h1-9H2. The molecule has 13 nitrogen and oxygen atoms in total. The van der Waals surface area contributed by atoms with Gasteiger partial charge in [0.1, 0.15) is 0 Å². The first-order valence-corrected chi connectivity index (χ1v) is 11.1. The largest absolute Gasteiger partial charge is 0.421 e. The molecule has 0 heterocycles. The summed E-state index contributed by atoms with van der Waals surface area (Å²) >= 11 is 0. The van der Waals surface area contributed by atoms with Gasteiger partial charge in [-0.1, -0.05) is 0 Å². The van der Waals surface area contributed by atoms with Crippen molar-refractivity contribution in [2.75, 3.05) is 0 Å². The Labute approximate surface area is 98.4 Å². The monoisotopic (exact) mass is 326 g/mol. The summed E-state index contributed by atoms with van der Waals surface area (Å²) in [5.74, 6) is 0. The van der Waals surface area contributed by atoms with Crippen molar-refractivity contribution in [1.29, 1.82) is 0 Å². The third-order valence-electron chi connectivity index (χ3n) is 0.814. The van der Waals surface area contributed by atoms with Crippen LogP contribution in [0.4, 0.5) is 0 Å². The molecular weight excluding hydrogens is 308 g/mol. The van der Waals surface area contributed by atoms with E-state index in [4.69, 9.17) is 49.5 Å². The van der Waals surface area contributed by atoms with Crippen molar-refractivity contribution in [3.63, 3.8) is 0 Å². The molecule has 0 fully saturated rings. The lowest BCUT2D eigenvalue weighted by atomic mass is 13.8. The van der Waals surface area contributed by atoms with Crippen molar-refractivity contribution in [2.45, 2.75) is 0 Å². The van der Waals surface area contributed by atoms with Crippen LogP contribution in [0.2, 0.25) is 0 Å². The molecule has 0 aliphatic carbocycles. The van der Waals surface area contributed by atoms with Gasteiger partial charge in [-0.15, -0.1) is 0 Å². The summed E-state index contributed by atoms with van der Waals surface area (Å²) in [6.07, 6.45) is 0. The highest BCUT2D eigenvalue weighted by Crippen LogP contribution is 2.63. The third kappa shape index (κ3) is 10.2. The Morgan fingerprint density at radius 1 is 0.529 bits per heavy atom. The SMILES string of the molecule is NP(N)(N)=NP(=O)(N=P(N)(N)N)N=P(N)(N)N. The van der Waals surface area contributed by atoms with Gasteiger partial charge in [0.25, 0.3) is 0 Å². The topological polar surface area (TPSA) is 288 Å². The van der Waals surface area contributed by atoms with Crippen molar-refractivity contribution >= 4 is 30.1 Å². The molecule has 0 aromatic heterocycles. The van der Waals surface area contributed by atoms with Crippen LogP contribution in [0.3, 0.4) is 0 Å². The average Bonchev–Trinajstić information content (AvgIpc) is 1.65. The first-order chi connectivity index (χ1) is 7.12. The molecule has 104 valence electrons. The van der Waals surface area contributed by atoms with Crippen LogP contribution in [0.5, 0.6) is 0 Å². The molecular formula is H18N12OP4. The second kappa shape index (κ2) is 5.28. The zero-order valence-electron chi connectivity index (χ0n) is 8.73. The van der Waals surface area contributed by atoms with Crippen molar-refractivity contribution in [1.82, 2.24) is 0 Å². The second-order valence-electron chi connectivity index (χ2n) is 3.16. The fourth-order valence-corrected chi connectivity index (χ4v) is 6.90. The molecule has 0 amide bonds. The quantitative estimate of drug-likeness (QED) is 0.272. The number of hydrogen-bond donors (Lipinski definition) is 9. The minimum Gasteiger partial charge on any atom is -0.273 e. The minimum atomic E-state index is -4.19. The van der Waals surface area contributed by atoms with Crippen LogP contribution in [0, 0.1) is 0 Å². The maximum absolute atomic E-state index is 12.1. The number of nitrogens with zero attached hydrogens (tertiary/aromatic N) is 3. The molecule has 0 aromatic carbocycles. The van der Waals surface area contributed by atoms with E-state index in [0.717, 1.165) is 0 Å². The van der Waals surface area contributed by atoms with E-state index < -0.39 is 30.1 Å². The normalized spacial score (nSPS) is 14.4. The van der Waals surface area contributed by atoms with E-state index in [-0.39, 0.29) is 0 Å². The molecule has 0 aliphatic heterocycles. The highest BCUT2D eigenvalue weighted by Gasteiger charge is 2.25. The summed E-state index contributed by atoms with van der Waals surface area (Å²) in [5.41, 5.74) is 47.2. The molecule has 18 N–H and O–H groups in total. The first-order valence-electron chi connectivity index (χ1n) is 3.71. The van der Waals surface area contributed by atoms with Gasteiger partial charge < -0.3 is 0 Å². The van der Waals surface area contributed by atoms with Crippen molar-refractivity contribution in [3.8, 4) is 0 Å². The molecule has 0 rings (SSSR count). The van der Waals surface area contributed by atoms with Crippen molar-refractivity contribution < 1.29 is 4.57 Å². The van der Waals surface area contributed by atoms with Gasteiger partial charge in [0.2, 0.25) is 0 Å². The van der Waals surface area contributed by atoms with Gasteiger partial charge in [-0.2, -0.15) is 13.5 Å². The summed E-state index contributed by atoms with van der Waals surface area (Å²) in [6, 6.07) is 0. The zero-order valence-corrected chi connectivity index (χ0v) is 12.3. The number of hydrogen-bond acceptors (Lipinski definition) is 1. The lowest BCUT2D eigenvalue weighted by molar-refractivity contribution is 0.579. The van der Waals surface area contributed by atoms with Gasteiger partial charge in [0.05, 0.1) is 0 Å². The van der Waals surface area contributed by atoms with Crippen LogP contribution in [-0.2, 0) is 4.57 Å². The van der Waals surface area contributed by atoms with Gasteiger partial charge in [-0.25, -0.2) is 4.57 Å². The van der Waals surface area contributed by atoms with Crippen molar-refractivity contribution in [3.05, 3.63) is 0 Å². The molecule has 0 aliphatic rings. The third-order valence-corrected chi connectivity index (χ3v) is 7.33. The molecule has 17 heavy (non-hydrogen) atoms. The maximum atomic E-state index is 12.1. The highest BCUT2D eigenvalue weighted by molar-refractivity contribution is 7.79. The Kier molecular flexibility index (Phi) is 5.45. The van der Waals surface area contributed by atoms with Gasteiger partial charge in [0, 0.05) is 0 Å². The molecule has 0 saturated heterocycles. The summed E-state index contributed by atoms with van der Waals surface area (Å²) < 4.78 is 22.2. The predicted octanol–water partition coefficient (Wildman–Crippen LogP) is -1.44. The van der Waals surface area contributed by atoms with E-state index in [1.165, 1.54) is 0 Å². The zero-order chi connectivity index (χ0) is 14.1. The summed E-state index contributed by atoms with van der Waals surface area (Å²) in [4.78, 5) is 0. The van der Waals surface area contributed by atoms with E-state index >= 15 is 0 Å². The Bertz CT molecular complexity index is 383. The molecule has 0 radical (unpaired) electrons. The second-order valence-corrected chi connectivity index (χ2v) is 11.1. The summed E-state index contributed by atoms with van der Waals surface area (Å²) in [6.45, 7) is 0. The smallest absolute Gasteiger partial charge is 0.273 e. The van der Waals surface area contributed by atoms with Gasteiger partial charge in [0.15, 0.2) is 22.5 Å². The van der Waals surface area contributed by atoms with Crippen LogP contribution in [0.15, 0.2) is 13.5 Å². The Hall–Kier alpha value is 0.560. The first kappa shape index (κ1) is 17.6. The summed E-state index contributed by atoms with van der Waals surface area (Å²) in [7, 11) is -14.2. The van der Waals surface area contributed by atoms with Crippen LogP contribution in [-0.4, -0.2) is 0 Å². The van der Waals surface area contributed by atoms with Crippen molar-refractivity contribution in [2.24, 2.45) is 63.1 Å². The Balaban J connectivity index is 6.04. The number of nitrogens with two attached hydrogens (primary N) is 9. The highest BCUT2D eigenvalue weighted by atomic mass is 31.3. The average molecular weight is 326 g/mol. The maximum Gasteiger partial charge on any atom is 0.421 e. The molecule has 17 heteroatoms. The lowest BCUT2D eigenvalue weighted by Gasteiger charge is -2.15. The Morgan fingerprint density at radius 3 is 0.824 bits per heavy atom. The van der Waals surface area contributed by atoms with Gasteiger partial charge in [-0.05, 0) is 0 Å². The van der Waals surface area contributed by atoms with Gasteiger partial charge in [-0.3, -0.25) is 49.5 Å². The van der Waals surface area contributed by atoms with E-state index in [1.54, 1.807) is 0 Å². The fourth-order valence-electron chi connectivity index (χ4n) is 0.659. The lowest BCUT2D eigenvalue weighted by Crippen LogP contribution is -2.16. The van der Waals surface area contributed by atoms with E-state index in [2.05, 4.69) is 13.5 Å². The van der Waals surface area contributed by atoms with E-state index in [0.29, 0.717) is 0 Å². The molecule has 0 bridgehead atoms. The minimum absolute atomic E-state index is 3.33. The number of rotatable bonds is 3. The van der Waals surface area contributed by atoms with Crippen LogP contribution in [0.1, 0.15) is 0 Å². The summed E-state index contributed by atoms with van der Waals surface area (Å²) in [5, 5.41) is 0. The predicted molar refractivity (Wildman–Crippen MR) is 73.3 cm³/mol.